The van der Waals surface area contributed by atoms with E-state index in [0.29, 0.717) is 5.69 Å². The maximum absolute atomic E-state index is 7.28. The van der Waals surface area contributed by atoms with Gasteiger partial charge < -0.3 is 5.73 Å². The molecule has 1 aliphatic carbocycles. The number of rotatable bonds is 0. The van der Waals surface area contributed by atoms with Gasteiger partial charge in [-0.05, 0) is 13.8 Å². The number of hydrogen-bond donors (Lipinski definition) is 0. The topological polar surface area (TPSA) is 23.8 Å². The van der Waals surface area contributed by atoms with Gasteiger partial charge in [-0.2, -0.15) is 6.08 Å². The molecule has 0 atom stereocenters. The van der Waals surface area contributed by atoms with Crippen molar-refractivity contribution in [2.75, 3.05) is 0 Å². The van der Waals surface area contributed by atoms with Crippen molar-refractivity contribution in [1.82, 2.24) is 0 Å². The van der Waals surface area contributed by atoms with Gasteiger partial charge in [0.05, 0.1) is 0 Å². The number of benzene rings is 1. The first-order valence-electron chi connectivity index (χ1n) is 6.26. The van der Waals surface area contributed by atoms with Crippen LogP contribution in [0.5, 0.6) is 0 Å². The van der Waals surface area contributed by atoms with E-state index in [0.717, 1.165) is 15.9 Å². The van der Waals surface area contributed by atoms with Crippen molar-refractivity contribution in [3.63, 3.8) is 0 Å². The number of aryl methyl sites for hydroxylation is 2. The van der Waals surface area contributed by atoms with Gasteiger partial charge in [0.1, 0.15) is 0 Å². The molecular formula is C16H26Cl2HfNSi-2. The van der Waals surface area contributed by atoms with Gasteiger partial charge in [0, 0.05) is 35.4 Å². The van der Waals surface area contributed by atoms with Gasteiger partial charge in [-0.1, -0.05) is 42.4 Å². The van der Waals surface area contributed by atoms with Gasteiger partial charge in [0.2, 0.25) is 0 Å². The first-order valence-corrected chi connectivity index (χ1v) is 8.57. The van der Waals surface area contributed by atoms with E-state index in [1.165, 1.54) is 16.7 Å². The Morgan fingerprint density at radius 1 is 1.00 bits per heavy atom. The number of halogens is 2. The molecule has 5 heteroatoms. The number of hydrogen-bond acceptors (Lipinski definition) is 0. The summed E-state index contributed by atoms with van der Waals surface area (Å²) in [5.74, 6) is 0. The quantitative estimate of drug-likeness (QED) is 0.301. The fourth-order valence-corrected chi connectivity index (χ4v) is 1.47. The summed E-state index contributed by atoms with van der Waals surface area (Å²) in [6, 6.07) is 5.78. The molecule has 0 saturated heterocycles. The fourth-order valence-electron chi connectivity index (χ4n) is 1.47. The van der Waals surface area contributed by atoms with Crippen molar-refractivity contribution in [1.29, 1.82) is 0 Å². The molecule has 0 heterocycles. The Hall–Kier alpha value is 0.167. The summed E-state index contributed by atoms with van der Waals surface area (Å²) < 4.78 is 0. The molecule has 1 N–H and O–H groups in total. The largest absolute Gasteiger partial charge is 0.699 e. The third-order valence-corrected chi connectivity index (χ3v) is 2.09. The van der Waals surface area contributed by atoms with Gasteiger partial charge in [0.15, 0.2) is 0 Å². The van der Waals surface area contributed by atoms with Gasteiger partial charge in [0.25, 0.3) is 0 Å². The van der Waals surface area contributed by atoms with Crippen LogP contribution in [0.4, 0.5) is 5.69 Å². The molecule has 0 fully saturated rings. The molecule has 0 bridgehead atoms. The van der Waals surface area contributed by atoms with E-state index in [-0.39, 0.29) is 50.7 Å². The second kappa shape index (κ2) is 18.2. The first kappa shape index (κ1) is 29.2. The molecule has 119 valence electrons. The van der Waals surface area contributed by atoms with Crippen molar-refractivity contribution in [3.05, 3.63) is 58.9 Å². The Morgan fingerprint density at radius 3 is 1.62 bits per heavy atom. The Labute approximate surface area is 164 Å². The molecule has 21 heavy (non-hydrogen) atoms. The van der Waals surface area contributed by atoms with Crippen LogP contribution >= 0.6 is 24.8 Å². The second-order valence-corrected chi connectivity index (χ2v) is 5.61. The standard InChI is InChI=1S/C8H10N.C6H7.C2H7Si.2ClH.Hf/c1-6-3-7(2)5-8(9)4-6;1-6-4-2-3-5-6;1-3-2;;;/h3-5,9H,1-2H3;4-5H,2H2,1H3;3H,1-2H3;2*1H;/q2*-1;;;;. The minimum atomic E-state index is 0. The van der Waals surface area contributed by atoms with Crippen LogP contribution in [-0.4, -0.2) is 9.52 Å². The second-order valence-electron chi connectivity index (χ2n) is 4.45. The van der Waals surface area contributed by atoms with E-state index in [1.54, 1.807) is 0 Å². The molecule has 2 rings (SSSR count). The zero-order valence-corrected chi connectivity index (χ0v) is 19.9. The summed E-state index contributed by atoms with van der Waals surface area (Å²) in [5, 5.41) is 0. The van der Waals surface area contributed by atoms with E-state index < -0.39 is 0 Å². The van der Waals surface area contributed by atoms with Crippen molar-refractivity contribution in [3.8, 4) is 0 Å². The van der Waals surface area contributed by atoms with Crippen LogP contribution < -0.4 is 0 Å². The summed E-state index contributed by atoms with van der Waals surface area (Å²) >= 11 is 0. The van der Waals surface area contributed by atoms with Crippen LogP contribution in [0.25, 0.3) is 5.73 Å². The molecule has 1 nitrogen and oxygen atoms in total. The van der Waals surface area contributed by atoms with Gasteiger partial charge >= 0.3 is 0 Å². The SMILES string of the molecule is CC1=CC[C-]=C1.C[SiH]C.Cc1cc(C)cc([NH-])c1.Cl.Cl.[Hf]. The predicted molar refractivity (Wildman–Crippen MR) is 99.5 cm³/mol. The molecule has 1 aliphatic rings. The Morgan fingerprint density at radius 2 is 1.43 bits per heavy atom. The van der Waals surface area contributed by atoms with Crippen LogP contribution in [0.1, 0.15) is 24.5 Å². The van der Waals surface area contributed by atoms with E-state index in [2.05, 4.69) is 38.2 Å². The Kier molecular flexibility index (Phi) is 25.3. The molecule has 0 spiro atoms. The summed E-state index contributed by atoms with van der Waals surface area (Å²) in [6.45, 7) is 10.5. The van der Waals surface area contributed by atoms with E-state index in [4.69, 9.17) is 5.73 Å². The van der Waals surface area contributed by atoms with Gasteiger partial charge in [-0.3, -0.25) is 6.08 Å². The predicted octanol–water partition coefficient (Wildman–Crippen LogP) is 6.04. The van der Waals surface area contributed by atoms with Crippen molar-refractivity contribution < 1.29 is 25.8 Å². The summed E-state index contributed by atoms with van der Waals surface area (Å²) in [6.07, 6.45) is 8.24. The number of allylic oxidation sites excluding steroid dienone is 4. The van der Waals surface area contributed by atoms with Crippen LogP contribution in [0.15, 0.2) is 35.9 Å². The third kappa shape index (κ3) is 18.1. The molecule has 1 radical (unpaired) electrons. The maximum atomic E-state index is 7.28. The first-order chi connectivity index (χ1) is 8.49. The van der Waals surface area contributed by atoms with Crippen molar-refractivity contribution in [2.24, 2.45) is 0 Å². The van der Waals surface area contributed by atoms with Crippen LogP contribution in [0, 0.1) is 19.9 Å². The molecule has 0 unspecified atom stereocenters. The van der Waals surface area contributed by atoms with E-state index in [1.807, 2.05) is 32.1 Å². The maximum Gasteiger partial charge on any atom is 0.0213 e. The molecule has 0 aromatic heterocycles. The average molecular weight is 510 g/mol. The summed E-state index contributed by atoms with van der Waals surface area (Å²) in [7, 11) is 0.750. The average Bonchev–Trinajstić information content (AvgIpc) is 2.68. The minimum Gasteiger partial charge on any atom is -0.699 e. The normalized spacial score (nSPS) is 10.2. The minimum absolute atomic E-state index is 0. The smallest absolute Gasteiger partial charge is 0.0213 e. The molecule has 1 aromatic carbocycles. The van der Waals surface area contributed by atoms with Crippen LogP contribution in [0.2, 0.25) is 13.1 Å². The molecular weight excluding hydrogens is 484 g/mol. The Balaban J connectivity index is -0.000000107. The molecule has 0 saturated carbocycles. The van der Waals surface area contributed by atoms with Crippen molar-refractivity contribution in [2.45, 2.75) is 40.3 Å². The molecule has 1 aromatic rings. The fraction of sp³-hybridized carbons (Fsp3) is 0.375. The van der Waals surface area contributed by atoms with Crippen LogP contribution in [0.3, 0.4) is 0 Å². The van der Waals surface area contributed by atoms with Gasteiger partial charge in [-0.25, -0.2) is 11.6 Å². The Bertz CT molecular complexity index is 368. The molecule has 0 aliphatic heterocycles. The zero-order valence-electron chi connectivity index (χ0n) is 13.5. The monoisotopic (exact) mass is 510 g/mol. The number of nitrogens with one attached hydrogen (secondary N) is 1. The van der Waals surface area contributed by atoms with E-state index in [9.17, 15) is 0 Å². The van der Waals surface area contributed by atoms with Crippen molar-refractivity contribution >= 4 is 40.0 Å². The summed E-state index contributed by atoms with van der Waals surface area (Å²) in [4.78, 5) is 0. The van der Waals surface area contributed by atoms with Gasteiger partial charge in [-0.15, -0.1) is 43.8 Å². The van der Waals surface area contributed by atoms with E-state index >= 15 is 0 Å². The summed E-state index contributed by atoms with van der Waals surface area (Å²) in [5.41, 5.74) is 11.6. The zero-order chi connectivity index (χ0) is 14.0. The van der Waals surface area contributed by atoms with Crippen LogP contribution in [-0.2, 0) is 25.8 Å². The third-order valence-electron chi connectivity index (χ3n) is 2.09. The molecule has 0 amide bonds.